The Morgan fingerprint density at radius 2 is 1.36 bits per heavy atom. The molecule has 3 N–H and O–H groups in total. The Bertz CT molecular complexity index is 884. The van der Waals surface area contributed by atoms with Gasteiger partial charge in [0.1, 0.15) is 0 Å². The standard InChI is InChI=1S/C23H33FN8O/c24-20-21(30-7-5-26-6-8-30)27-23(28-22(20)31-13-15-33-16-14-31)32-11-9-29(10-12-32)19-3-1-18(17-25)2-4-19/h1-4,26H,5-17,25H2. The molecule has 0 spiro atoms. The van der Waals surface area contributed by atoms with Gasteiger partial charge in [-0.25, -0.2) is 0 Å². The Morgan fingerprint density at radius 3 is 1.97 bits per heavy atom. The molecule has 3 fully saturated rings. The number of aromatic nitrogens is 2. The molecular weight excluding hydrogens is 423 g/mol. The smallest absolute Gasteiger partial charge is 0.229 e. The van der Waals surface area contributed by atoms with Gasteiger partial charge in [0.25, 0.3) is 0 Å². The monoisotopic (exact) mass is 456 g/mol. The molecule has 0 amide bonds. The summed E-state index contributed by atoms with van der Waals surface area (Å²) in [6, 6.07) is 8.43. The first kappa shape index (κ1) is 22.1. The van der Waals surface area contributed by atoms with Crippen molar-refractivity contribution < 1.29 is 9.13 Å². The second-order valence-electron chi connectivity index (χ2n) is 8.67. The fourth-order valence-corrected chi connectivity index (χ4v) is 4.63. The van der Waals surface area contributed by atoms with E-state index in [1.54, 1.807) is 0 Å². The van der Waals surface area contributed by atoms with Crippen molar-refractivity contribution in [1.82, 2.24) is 15.3 Å². The van der Waals surface area contributed by atoms with Gasteiger partial charge in [-0.1, -0.05) is 12.1 Å². The minimum atomic E-state index is -0.318. The number of hydrogen-bond donors (Lipinski definition) is 2. The number of benzene rings is 1. The minimum absolute atomic E-state index is 0.318. The molecule has 0 saturated carbocycles. The maximum Gasteiger partial charge on any atom is 0.229 e. The third-order valence-electron chi connectivity index (χ3n) is 6.63. The summed E-state index contributed by atoms with van der Waals surface area (Å²) in [4.78, 5) is 18.0. The van der Waals surface area contributed by atoms with Crippen LogP contribution in [0.3, 0.4) is 0 Å². The molecule has 1 aromatic heterocycles. The first-order valence-corrected chi connectivity index (χ1v) is 11.9. The highest BCUT2D eigenvalue weighted by Gasteiger charge is 2.28. The van der Waals surface area contributed by atoms with E-state index in [1.807, 2.05) is 9.80 Å². The molecule has 2 aromatic rings. The number of anilines is 4. The molecule has 0 aliphatic carbocycles. The Morgan fingerprint density at radius 1 is 0.788 bits per heavy atom. The number of hydrogen-bond acceptors (Lipinski definition) is 9. The van der Waals surface area contributed by atoms with Crippen LogP contribution >= 0.6 is 0 Å². The quantitative estimate of drug-likeness (QED) is 0.673. The van der Waals surface area contributed by atoms with Crippen molar-refractivity contribution in [2.45, 2.75) is 6.54 Å². The van der Waals surface area contributed by atoms with Crippen LogP contribution in [0.25, 0.3) is 0 Å². The lowest BCUT2D eigenvalue weighted by molar-refractivity contribution is 0.122. The lowest BCUT2D eigenvalue weighted by atomic mass is 10.2. The summed E-state index contributed by atoms with van der Waals surface area (Å²) < 4.78 is 21.1. The van der Waals surface area contributed by atoms with Crippen LogP contribution in [-0.4, -0.2) is 88.6 Å². The molecule has 178 valence electrons. The molecule has 0 atom stereocenters. The van der Waals surface area contributed by atoms with Gasteiger partial charge in [0, 0.05) is 77.7 Å². The number of rotatable bonds is 5. The molecule has 3 aliphatic heterocycles. The van der Waals surface area contributed by atoms with Gasteiger partial charge in [0.15, 0.2) is 11.6 Å². The Hall–Kier alpha value is -2.69. The minimum Gasteiger partial charge on any atom is -0.378 e. The Balaban J connectivity index is 1.37. The summed E-state index contributed by atoms with van der Waals surface area (Å²) in [6.45, 7) is 9.43. The van der Waals surface area contributed by atoms with Gasteiger partial charge in [-0.3, -0.25) is 0 Å². The predicted octanol–water partition coefficient (Wildman–Crippen LogP) is 0.647. The first-order chi connectivity index (χ1) is 16.2. The van der Waals surface area contributed by atoms with Gasteiger partial charge in [0.05, 0.1) is 13.2 Å². The number of nitrogens with zero attached hydrogens (tertiary/aromatic N) is 6. The van der Waals surface area contributed by atoms with Gasteiger partial charge < -0.3 is 35.4 Å². The molecule has 9 nitrogen and oxygen atoms in total. The average molecular weight is 457 g/mol. The maximum atomic E-state index is 15.6. The van der Waals surface area contributed by atoms with Gasteiger partial charge in [0.2, 0.25) is 11.8 Å². The van der Waals surface area contributed by atoms with Gasteiger partial charge in [-0.05, 0) is 17.7 Å². The fourth-order valence-electron chi connectivity index (χ4n) is 4.63. The lowest BCUT2D eigenvalue weighted by Gasteiger charge is -2.37. The van der Waals surface area contributed by atoms with Crippen molar-refractivity contribution in [3.05, 3.63) is 35.6 Å². The SMILES string of the molecule is NCc1ccc(N2CCN(c3nc(N4CCNCC4)c(F)c(N4CCOCC4)n3)CC2)cc1. The van der Waals surface area contributed by atoms with E-state index >= 15 is 4.39 Å². The van der Waals surface area contributed by atoms with E-state index in [-0.39, 0.29) is 5.82 Å². The molecule has 0 unspecified atom stereocenters. The molecule has 3 aliphatic rings. The van der Waals surface area contributed by atoms with Crippen LogP contribution in [0, 0.1) is 5.82 Å². The van der Waals surface area contributed by atoms with Crippen LogP contribution in [-0.2, 0) is 11.3 Å². The second-order valence-corrected chi connectivity index (χ2v) is 8.67. The molecule has 0 radical (unpaired) electrons. The molecule has 3 saturated heterocycles. The van der Waals surface area contributed by atoms with Crippen molar-refractivity contribution in [1.29, 1.82) is 0 Å². The van der Waals surface area contributed by atoms with Gasteiger partial charge >= 0.3 is 0 Å². The highest BCUT2D eigenvalue weighted by molar-refractivity contribution is 5.58. The molecule has 5 rings (SSSR count). The summed E-state index contributed by atoms with van der Waals surface area (Å²) in [7, 11) is 0. The molecule has 1 aromatic carbocycles. The molecule has 10 heteroatoms. The summed E-state index contributed by atoms with van der Waals surface area (Å²) in [5, 5.41) is 3.33. The molecule has 0 bridgehead atoms. The topological polar surface area (TPSA) is 86.0 Å². The van der Waals surface area contributed by atoms with E-state index in [0.717, 1.165) is 57.9 Å². The summed E-state index contributed by atoms with van der Waals surface area (Å²) in [6.07, 6.45) is 0. The number of nitrogens with one attached hydrogen (secondary N) is 1. The lowest BCUT2D eigenvalue weighted by Crippen LogP contribution is -2.48. The molecule has 4 heterocycles. The predicted molar refractivity (Wildman–Crippen MR) is 129 cm³/mol. The zero-order valence-electron chi connectivity index (χ0n) is 19.0. The maximum absolute atomic E-state index is 15.6. The van der Waals surface area contributed by atoms with Crippen molar-refractivity contribution in [3.63, 3.8) is 0 Å². The number of ether oxygens (including phenoxy) is 1. The third kappa shape index (κ3) is 4.83. The van der Waals surface area contributed by atoms with Crippen LogP contribution in [0.4, 0.5) is 27.7 Å². The largest absolute Gasteiger partial charge is 0.378 e. The van der Waals surface area contributed by atoms with Gasteiger partial charge in [-0.15, -0.1) is 0 Å². The zero-order chi connectivity index (χ0) is 22.6. The average Bonchev–Trinajstić information content (AvgIpc) is 2.90. The molecule has 33 heavy (non-hydrogen) atoms. The van der Waals surface area contributed by atoms with Gasteiger partial charge in [-0.2, -0.15) is 14.4 Å². The summed E-state index contributed by atoms with van der Waals surface area (Å²) >= 11 is 0. The second kappa shape index (κ2) is 10.1. The van der Waals surface area contributed by atoms with E-state index in [4.69, 9.17) is 20.4 Å². The van der Waals surface area contributed by atoms with Crippen LogP contribution in [0.15, 0.2) is 24.3 Å². The number of nitrogens with two attached hydrogens (primary N) is 1. The van der Waals surface area contributed by atoms with Crippen molar-refractivity contribution >= 4 is 23.3 Å². The highest BCUT2D eigenvalue weighted by atomic mass is 19.1. The fraction of sp³-hybridized carbons (Fsp3) is 0.565. The Kier molecular flexibility index (Phi) is 6.75. The van der Waals surface area contributed by atoms with Crippen LogP contribution in [0.2, 0.25) is 0 Å². The van der Waals surface area contributed by atoms with E-state index in [9.17, 15) is 0 Å². The Labute approximate surface area is 194 Å². The summed E-state index contributed by atoms with van der Waals surface area (Å²) in [5.74, 6) is 1.12. The van der Waals surface area contributed by atoms with Crippen molar-refractivity contribution in [3.8, 4) is 0 Å². The van der Waals surface area contributed by atoms with E-state index in [1.165, 1.54) is 5.69 Å². The third-order valence-corrected chi connectivity index (χ3v) is 6.63. The normalized spacial score (nSPS) is 19.8. The van der Waals surface area contributed by atoms with Crippen LogP contribution < -0.4 is 30.7 Å². The van der Waals surface area contributed by atoms with E-state index in [0.29, 0.717) is 50.4 Å². The summed E-state index contributed by atoms with van der Waals surface area (Å²) in [5.41, 5.74) is 8.05. The van der Waals surface area contributed by atoms with E-state index in [2.05, 4.69) is 39.4 Å². The number of morpholine rings is 1. The molecular formula is C23H33FN8O. The van der Waals surface area contributed by atoms with Crippen LogP contribution in [0.5, 0.6) is 0 Å². The number of halogens is 1. The van der Waals surface area contributed by atoms with E-state index < -0.39 is 0 Å². The number of piperazine rings is 2. The highest BCUT2D eigenvalue weighted by Crippen LogP contribution is 2.30. The first-order valence-electron chi connectivity index (χ1n) is 11.9. The van der Waals surface area contributed by atoms with Crippen LogP contribution in [0.1, 0.15) is 5.56 Å². The zero-order valence-corrected chi connectivity index (χ0v) is 19.0. The van der Waals surface area contributed by atoms with Crippen molar-refractivity contribution in [2.24, 2.45) is 5.73 Å². The van der Waals surface area contributed by atoms with Crippen molar-refractivity contribution in [2.75, 3.05) is 98.3 Å².